The molecule has 0 atom stereocenters. The van der Waals surface area contributed by atoms with Crippen molar-refractivity contribution in [1.29, 1.82) is 5.26 Å². The molecule has 2 aromatic carbocycles. The minimum Gasteiger partial charge on any atom is -0.466 e. The Hall–Kier alpha value is -2.81. The molecule has 0 aromatic heterocycles. The molecule has 0 radical (unpaired) electrons. The van der Waals surface area contributed by atoms with Crippen LogP contribution >= 0.6 is 0 Å². The number of nitrogens with zero attached hydrogens (tertiary/aromatic N) is 1. The Morgan fingerprint density at radius 3 is 2.33 bits per heavy atom. The van der Waals surface area contributed by atoms with Crippen LogP contribution in [0.2, 0.25) is 0 Å². The summed E-state index contributed by atoms with van der Waals surface area (Å²) in [5.74, 6) is -0.425. The summed E-state index contributed by atoms with van der Waals surface area (Å²) in [6.45, 7) is 1.94. The van der Waals surface area contributed by atoms with Gasteiger partial charge in [-0.3, -0.25) is 4.79 Å². The SMILES string of the molecule is CCOC(=O)Cc1cc(C#N)cc(-c2ccc(C(F)(F)F)cc2)c1. The van der Waals surface area contributed by atoms with Crippen LogP contribution in [-0.2, 0) is 22.1 Å². The molecule has 0 amide bonds. The molecule has 124 valence electrons. The van der Waals surface area contributed by atoms with E-state index in [-0.39, 0.29) is 13.0 Å². The van der Waals surface area contributed by atoms with Gasteiger partial charge in [-0.2, -0.15) is 18.4 Å². The number of benzene rings is 2. The molecule has 0 fully saturated rings. The van der Waals surface area contributed by atoms with E-state index in [1.165, 1.54) is 12.1 Å². The fraction of sp³-hybridized carbons (Fsp3) is 0.222. The van der Waals surface area contributed by atoms with Crippen molar-refractivity contribution < 1.29 is 22.7 Å². The van der Waals surface area contributed by atoms with Gasteiger partial charge >= 0.3 is 12.1 Å². The first kappa shape index (κ1) is 17.5. The Balaban J connectivity index is 2.36. The lowest BCUT2D eigenvalue weighted by Gasteiger charge is -2.09. The Morgan fingerprint density at radius 1 is 1.12 bits per heavy atom. The van der Waals surface area contributed by atoms with Gasteiger partial charge in [0.15, 0.2) is 0 Å². The van der Waals surface area contributed by atoms with Gasteiger partial charge in [0.05, 0.1) is 30.2 Å². The highest BCUT2D eigenvalue weighted by Crippen LogP contribution is 2.31. The highest BCUT2D eigenvalue weighted by molar-refractivity contribution is 5.74. The molecule has 0 unspecified atom stereocenters. The number of esters is 1. The van der Waals surface area contributed by atoms with Crippen LogP contribution in [-0.4, -0.2) is 12.6 Å². The average Bonchev–Trinajstić information content (AvgIpc) is 2.54. The second-order valence-electron chi connectivity index (χ2n) is 5.09. The second-order valence-corrected chi connectivity index (χ2v) is 5.09. The zero-order valence-corrected chi connectivity index (χ0v) is 12.9. The fourth-order valence-electron chi connectivity index (χ4n) is 2.26. The summed E-state index contributed by atoms with van der Waals surface area (Å²) >= 11 is 0. The topological polar surface area (TPSA) is 50.1 Å². The van der Waals surface area contributed by atoms with E-state index in [0.29, 0.717) is 22.3 Å². The van der Waals surface area contributed by atoms with Crippen LogP contribution in [0.25, 0.3) is 11.1 Å². The normalized spacial score (nSPS) is 11.0. The number of ether oxygens (including phenoxy) is 1. The molecular weight excluding hydrogens is 319 g/mol. The van der Waals surface area contributed by atoms with E-state index in [9.17, 15) is 18.0 Å². The fourth-order valence-corrected chi connectivity index (χ4v) is 2.26. The average molecular weight is 333 g/mol. The number of alkyl halides is 3. The van der Waals surface area contributed by atoms with E-state index in [0.717, 1.165) is 12.1 Å². The minimum atomic E-state index is -4.40. The first-order chi connectivity index (χ1) is 11.3. The summed E-state index contributed by atoms with van der Waals surface area (Å²) in [5.41, 5.74) is 1.26. The van der Waals surface area contributed by atoms with Crippen molar-refractivity contribution in [2.75, 3.05) is 6.61 Å². The monoisotopic (exact) mass is 333 g/mol. The Morgan fingerprint density at radius 2 is 1.79 bits per heavy atom. The van der Waals surface area contributed by atoms with Gasteiger partial charge < -0.3 is 4.74 Å². The molecule has 24 heavy (non-hydrogen) atoms. The van der Waals surface area contributed by atoms with E-state index in [1.807, 2.05) is 6.07 Å². The van der Waals surface area contributed by atoms with Gasteiger partial charge in [-0.05, 0) is 47.9 Å². The lowest BCUT2D eigenvalue weighted by Crippen LogP contribution is -2.07. The standard InChI is InChI=1S/C18H14F3NO2/c1-2-24-17(23)10-12-7-13(11-22)9-15(8-12)14-3-5-16(6-4-14)18(19,20)21/h3-9H,2,10H2,1H3. The molecule has 6 heteroatoms. The summed E-state index contributed by atoms with van der Waals surface area (Å²) in [6, 6.07) is 11.4. The Bertz CT molecular complexity index is 774. The first-order valence-electron chi connectivity index (χ1n) is 7.21. The molecule has 0 aliphatic rings. The lowest BCUT2D eigenvalue weighted by atomic mass is 9.98. The molecule has 0 N–H and O–H groups in total. The maximum Gasteiger partial charge on any atom is 0.416 e. The minimum absolute atomic E-state index is 0.00298. The molecule has 0 aliphatic heterocycles. The molecule has 0 heterocycles. The summed E-state index contributed by atoms with van der Waals surface area (Å²) in [7, 11) is 0. The van der Waals surface area contributed by atoms with E-state index < -0.39 is 17.7 Å². The van der Waals surface area contributed by atoms with Gasteiger partial charge in [0.25, 0.3) is 0 Å². The summed E-state index contributed by atoms with van der Waals surface area (Å²) in [6.07, 6.45) is -4.40. The van der Waals surface area contributed by atoms with Crippen LogP contribution in [0, 0.1) is 11.3 Å². The van der Waals surface area contributed by atoms with E-state index in [4.69, 9.17) is 10.00 Å². The number of hydrogen-bond acceptors (Lipinski definition) is 3. The zero-order chi connectivity index (χ0) is 17.7. The van der Waals surface area contributed by atoms with Gasteiger partial charge in [0, 0.05) is 0 Å². The summed E-state index contributed by atoms with van der Waals surface area (Å²) in [4.78, 5) is 11.6. The molecule has 0 spiro atoms. The van der Waals surface area contributed by atoms with Crippen LogP contribution in [0.4, 0.5) is 13.2 Å². The van der Waals surface area contributed by atoms with E-state index >= 15 is 0 Å². The van der Waals surface area contributed by atoms with E-state index in [1.54, 1.807) is 25.1 Å². The Kier molecular flexibility index (Phi) is 5.24. The molecular formula is C18H14F3NO2. The smallest absolute Gasteiger partial charge is 0.416 e. The van der Waals surface area contributed by atoms with Crippen LogP contribution in [0.3, 0.4) is 0 Å². The molecule has 0 saturated carbocycles. The Labute approximate surface area is 137 Å². The third-order valence-corrected chi connectivity index (χ3v) is 3.32. The predicted octanol–water partition coefficient (Wildman–Crippen LogP) is 4.35. The van der Waals surface area contributed by atoms with Crippen molar-refractivity contribution in [3.63, 3.8) is 0 Å². The quantitative estimate of drug-likeness (QED) is 0.782. The molecule has 2 rings (SSSR count). The van der Waals surface area contributed by atoms with Crippen molar-refractivity contribution >= 4 is 5.97 Å². The highest BCUT2D eigenvalue weighted by Gasteiger charge is 2.29. The second kappa shape index (κ2) is 7.18. The number of halogens is 3. The molecule has 3 nitrogen and oxygen atoms in total. The molecule has 0 aliphatic carbocycles. The van der Waals surface area contributed by atoms with Crippen molar-refractivity contribution in [3.8, 4) is 17.2 Å². The van der Waals surface area contributed by atoms with Crippen LogP contribution in [0.5, 0.6) is 0 Å². The largest absolute Gasteiger partial charge is 0.466 e. The predicted molar refractivity (Wildman–Crippen MR) is 81.9 cm³/mol. The maximum atomic E-state index is 12.6. The van der Waals surface area contributed by atoms with Crippen molar-refractivity contribution in [2.24, 2.45) is 0 Å². The third-order valence-electron chi connectivity index (χ3n) is 3.32. The van der Waals surface area contributed by atoms with Gasteiger partial charge in [-0.1, -0.05) is 18.2 Å². The van der Waals surface area contributed by atoms with Crippen molar-refractivity contribution in [1.82, 2.24) is 0 Å². The zero-order valence-electron chi connectivity index (χ0n) is 12.9. The number of carbonyl (C=O) groups excluding carboxylic acids is 1. The number of hydrogen-bond donors (Lipinski definition) is 0. The lowest BCUT2D eigenvalue weighted by molar-refractivity contribution is -0.142. The number of nitriles is 1. The van der Waals surface area contributed by atoms with Crippen LogP contribution in [0.15, 0.2) is 42.5 Å². The third kappa shape index (κ3) is 4.35. The summed E-state index contributed by atoms with van der Waals surface area (Å²) in [5, 5.41) is 9.11. The van der Waals surface area contributed by atoms with Crippen molar-refractivity contribution in [3.05, 3.63) is 59.2 Å². The molecule has 0 saturated heterocycles. The maximum absolute atomic E-state index is 12.6. The summed E-state index contributed by atoms with van der Waals surface area (Å²) < 4.78 is 42.8. The number of carbonyl (C=O) groups is 1. The van der Waals surface area contributed by atoms with E-state index in [2.05, 4.69) is 0 Å². The molecule has 2 aromatic rings. The number of rotatable bonds is 4. The van der Waals surface area contributed by atoms with Crippen LogP contribution < -0.4 is 0 Å². The van der Waals surface area contributed by atoms with Gasteiger partial charge in [0.1, 0.15) is 0 Å². The van der Waals surface area contributed by atoms with Gasteiger partial charge in [-0.25, -0.2) is 0 Å². The van der Waals surface area contributed by atoms with Crippen molar-refractivity contribution in [2.45, 2.75) is 19.5 Å². The highest BCUT2D eigenvalue weighted by atomic mass is 19.4. The van der Waals surface area contributed by atoms with Gasteiger partial charge in [0.2, 0.25) is 0 Å². The first-order valence-corrected chi connectivity index (χ1v) is 7.21. The van der Waals surface area contributed by atoms with Crippen LogP contribution in [0.1, 0.15) is 23.6 Å². The van der Waals surface area contributed by atoms with Gasteiger partial charge in [-0.15, -0.1) is 0 Å². The molecule has 0 bridgehead atoms.